The lowest BCUT2D eigenvalue weighted by Gasteiger charge is -2.43. The van der Waals surface area contributed by atoms with Crippen molar-refractivity contribution < 1.29 is 23.7 Å². The van der Waals surface area contributed by atoms with Crippen LogP contribution in [-0.4, -0.2) is 226 Å². The molecule has 16 rings (SSSR count). The number of unbranched alkanes of at least 4 members (excludes halogenated alkanes) is 1. The minimum absolute atomic E-state index is 0.0890. The minimum Gasteiger partial charge on any atom is -0.495 e. The number of aliphatic hydroxyl groups is 1. The number of halogens is 3. The first kappa shape index (κ1) is 81.8. The highest BCUT2D eigenvalue weighted by Gasteiger charge is 2.33. The molecule has 6 aliphatic rings. The van der Waals surface area contributed by atoms with Crippen molar-refractivity contribution in [2.45, 2.75) is 95.1 Å². The highest BCUT2D eigenvalue weighted by Crippen LogP contribution is 2.48. The third-order valence-electron chi connectivity index (χ3n) is 21.9. The lowest BCUT2D eigenvalue weighted by Crippen LogP contribution is -2.52. The van der Waals surface area contributed by atoms with Crippen LogP contribution in [0, 0.1) is 0 Å². The van der Waals surface area contributed by atoms with Crippen LogP contribution in [0.5, 0.6) is 11.5 Å². The summed E-state index contributed by atoms with van der Waals surface area (Å²) in [5.41, 5.74) is 19.5. The molecule has 6 fully saturated rings. The fourth-order valence-electron chi connectivity index (χ4n) is 15.5. The van der Waals surface area contributed by atoms with Gasteiger partial charge in [-0.25, -0.2) is 9.97 Å². The molecule has 2 saturated carbocycles. The summed E-state index contributed by atoms with van der Waals surface area (Å²) in [4.78, 5) is 42.1. The SMILES string of the molecule is CCCCO.COc1cc(N2CCC(N3CCN(C)CC3)CC2)c(-c2cnn(C)c2)cc1N.COc1cc(N2CCC(N3CCN(C)CC3)CC2)c(-c2cnn(C)c2)cc1Nc1ncc(Cl)c(Nc2ccc3nc(C4CC4)ccc3c2P(C)(C)=O)n1.CP(C)(=O)c1c(Nc2nc(Cl)ncc2Cl)ccc2nc(C3CC3)ccc12. The predicted octanol–water partition coefficient (Wildman–Crippen LogP) is 14.8. The van der Waals surface area contributed by atoms with E-state index in [-0.39, 0.29) is 5.28 Å². The Kier molecular flexibility index (Phi) is 26.4. The van der Waals surface area contributed by atoms with Gasteiger partial charge in [0, 0.05) is 214 Å². The van der Waals surface area contributed by atoms with Crippen molar-refractivity contribution >= 4 is 133 Å². The van der Waals surface area contributed by atoms with Crippen LogP contribution in [0.1, 0.15) is 94.4 Å². The molecule has 4 saturated heterocycles. The van der Waals surface area contributed by atoms with Crippen molar-refractivity contribution in [3.8, 4) is 33.8 Å². The Morgan fingerprint density at radius 2 is 0.964 bits per heavy atom. The Labute approximate surface area is 673 Å². The van der Waals surface area contributed by atoms with Gasteiger partial charge in [0.1, 0.15) is 35.8 Å². The Morgan fingerprint density at radius 1 is 0.518 bits per heavy atom. The van der Waals surface area contributed by atoms with E-state index >= 15 is 0 Å². The summed E-state index contributed by atoms with van der Waals surface area (Å²) >= 11 is 18.7. The summed E-state index contributed by atoms with van der Waals surface area (Å²) in [5.74, 6) is 3.62. The molecule has 596 valence electrons. The molecule has 0 amide bonds. The van der Waals surface area contributed by atoms with E-state index < -0.39 is 14.3 Å². The smallest absolute Gasteiger partial charge is 0.229 e. The molecule has 4 aromatic carbocycles. The number of aliphatic hydroxyl groups excluding tert-OH is 1. The van der Waals surface area contributed by atoms with Gasteiger partial charge in [0.15, 0.2) is 11.6 Å². The van der Waals surface area contributed by atoms with Gasteiger partial charge in [0.25, 0.3) is 0 Å². The number of ether oxygens (including phenoxy) is 2. The number of nitrogens with one attached hydrogen (secondary N) is 3. The quantitative estimate of drug-likeness (QED) is 0.0270. The van der Waals surface area contributed by atoms with Gasteiger partial charge in [0.2, 0.25) is 11.2 Å². The summed E-state index contributed by atoms with van der Waals surface area (Å²) in [6, 6.07) is 25.5. The zero-order chi connectivity index (χ0) is 79.1. The molecule has 112 heavy (non-hydrogen) atoms. The van der Waals surface area contributed by atoms with Crippen LogP contribution in [0.4, 0.5) is 51.7 Å². The van der Waals surface area contributed by atoms with E-state index in [4.69, 9.17) is 70.1 Å². The van der Waals surface area contributed by atoms with Crippen molar-refractivity contribution in [2.75, 3.05) is 172 Å². The topological polar surface area (TPSA) is 267 Å². The number of nitrogen functional groups attached to an aromatic ring is 1. The van der Waals surface area contributed by atoms with Gasteiger partial charge >= 0.3 is 0 Å². The van der Waals surface area contributed by atoms with Gasteiger partial charge in [-0.05, 0) is 159 Å². The second kappa shape index (κ2) is 36.1. The van der Waals surface area contributed by atoms with Crippen molar-refractivity contribution in [2.24, 2.45) is 14.1 Å². The van der Waals surface area contributed by atoms with Gasteiger partial charge in [0.05, 0.1) is 72.8 Å². The van der Waals surface area contributed by atoms with Gasteiger partial charge in [-0.1, -0.05) is 48.7 Å². The fourth-order valence-corrected chi connectivity index (χ4v) is 18.9. The van der Waals surface area contributed by atoms with Crippen LogP contribution in [0.3, 0.4) is 0 Å². The van der Waals surface area contributed by atoms with E-state index in [9.17, 15) is 9.13 Å². The maximum absolute atomic E-state index is 13.8. The molecular weight excluding hydrogens is 1510 g/mol. The average molecular weight is 1620 g/mol. The number of nitrogens with zero attached hydrogens (tertiary/aromatic N) is 16. The summed E-state index contributed by atoms with van der Waals surface area (Å²) in [5, 5.41) is 30.8. The molecule has 0 spiro atoms. The number of aryl methyl sites for hydroxylation is 2. The highest BCUT2D eigenvalue weighted by atomic mass is 35.5. The maximum Gasteiger partial charge on any atom is 0.229 e. The number of hydrogen-bond donors (Lipinski definition) is 5. The summed E-state index contributed by atoms with van der Waals surface area (Å²) in [6.07, 6.45) is 22.3. The van der Waals surface area contributed by atoms with Crippen molar-refractivity contribution in [1.29, 1.82) is 0 Å². The molecule has 0 bridgehead atoms. The van der Waals surface area contributed by atoms with Crippen molar-refractivity contribution in [1.82, 2.24) is 69.1 Å². The van der Waals surface area contributed by atoms with E-state index in [1.165, 1.54) is 76.6 Å². The van der Waals surface area contributed by atoms with Gasteiger partial charge in [-0.3, -0.25) is 29.1 Å². The number of aromatic nitrogens is 10. The van der Waals surface area contributed by atoms with E-state index in [0.29, 0.717) is 86.7 Å². The second-order valence-electron chi connectivity index (χ2n) is 31.1. The fraction of sp³-hybridized carbons (Fsp3) is 0.463. The number of hydrogen-bond acceptors (Lipinski definition) is 23. The van der Waals surface area contributed by atoms with Gasteiger partial charge < -0.3 is 65.0 Å². The number of benzene rings is 4. The summed E-state index contributed by atoms with van der Waals surface area (Å²) < 4.78 is 42.0. The molecule has 6 aromatic heterocycles. The summed E-state index contributed by atoms with van der Waals surface area (Å²) in [6.45, 7) is 22.8. The third-order valence-corrected chi connectivity index (χ3v) is 25.8. The molecule has 4 aliphatic heterocycles. The Morgan fingerprint density at radius 3 is 1.38 bits per heavy atom. The molecule has 25 nitrogen and oxygen atoms in total. The number of rotatable bonds is 20. The molecule has 10 heterocycles. The monoisotopic (exact) mass is 1620 g/mol. The number of piperazine rings is 2. The number of nitrogens with two attached hydrogens (primary N) is 1. The van der Waals surface area contributed by atoms with E-state index in [0.717, 1.165) is 156 Å². The average Bonchev–Trinajstić information content (AvgIpc) is 1.22. The first-order chi connectivity index (χ1) is 53.8. The molecule has 6 N–H and O–H groups in total. The molecular formula is C82H107Cl3N20O5P2. The predicted molar refractivity (Wildman–Crippen MR) is 460 cm³/mol. The Hall–Kier alpha value is -8.19. The lowest BCUT2D eigenvalue weighted by molar-refractivity contribution is 0.0982. The van der Waals surface area contributed by atoms with Crippen LogP contribution < -0.4 is 51.6 Å². The second-order valence-corrected chi connectivity index (χ2v) is 38.5. The number of anilines is 9. The zero-order valence-electron chi connectivity index (χ0n) is 66.3. The van der Waals surface area contributed by atoms with E-state index in [2.05, 4.69) is 122 Å². The normalized spacial score (nSPS) is 17.1. The van der Waals surface area contributed by atoms with Gasteiger partial charge in [-0.2, -0.15) is 20.2 Å². The van der Waals surface area contributed by atoms with Gasteiger partial charge in [-0.15, -0.1) is 0 Å². The van der Waals surface area contributed by atoms with Crippen LogP contribution >= 0.6 is 49.1 Å². The standard InChI is InChI=1S/C39H48ClN10O2P.C21H32N6O.C18H17Cl2N4OP.C4H10O/c1-47-16-18-49(19-17-47)27-12-14-50(15-13-27)35-21-36(52-3)34(20-29(35)26-22-42-48(2)24-26)45-39-41-23-30(40)38(46-39)44-33-11-10-32-28(37(33)53(4,5)51)8-9-31(43-32)25-6-7-25;1-24-8-10-26(11-9-24)17-4-6-27(7-5-17)20-13-21(28-3)19(22)12-18(20)16-14-23-25(2)15-16;1-26(2,25)16-11-5-6-13(10-3-4-10)22-14(11)7-8-15(16)23-17-12(19)9-21-18(20)24-17;1-2-3-4-5/h8-11,20-25,27H,6-7,12-19H2,1-5H3,(H2,41,44,45,46);12-15,17H,4-11,22H2,1-3H3;5-10H,3-4H2,1-2H3,(H,21,23,24);5H,2-4H2,1H3. The minimum atomic E-state index is -2.75. The van der Waals surface area contributed by atoms with Crippen LogP contribution in [0.25, 0.3) is 44.1 Å². The van der Waals surface area contributed by atoms with Crippen LogP contribution in [0.2, 0.25) is 15.3 Å². The number of fused-ring (bicyclic) bond motifs is 2. The Balaban J connectivity index is 0.000000156. The Bertz CT molecular complexity index is 5040. The summed E-state index contributed by atoms with van der Waals surface area (Å²) in [7, 11) is 6.30. The van der Waals surface area contributed by atoms with Crippen molar-refractivity contribution in [3.63, 3.8) is 0 Å². The van der Waals surface area contributed by atoms with Crippen LogP contribution in [0.15, 0.2) is 110 Å². The highest BCUT2D eigenvalue weighted by molar-refractivity contribution is 7.71. The number of piperidine rings is 2. The molecule has 0 unspecified atom stereocenters. The lowest BCUT2D eigenvalue weighted by atomic mass is 9.98. The largest absolute Gasteiger partial charge is 0.495 e. The first-order valence-corrected chi connectivity index (χ1v) is 45.3. The zero-order valence-corrected chi connectivity index (χ0v) is 70.4. The van der Waals surface area contributed by atoms with E-state index in [1.54, 1.807) is 47.1 Å². The molecule has 10 aromatic rings. The number of likely N-dealkylation sites (N-methyl/N-ethyl adjacent to an activating group) is 2. The molecule has 0 atom stereocenters. The van der Waals surface area contributed by atoms with Crippen LogP contribution in [-0.2, 0) is 23.2 Å². The first-order valence-electron chi connectivity index (χ1n) is 39.0. The maximum atomic E-state index is 13.8. The molecule has 30 heteroatoms. The molecule has 2 aliphatic carbocycles. The number of pyridine rings is 2. The van der Waals surface area contributed by atoms with E-state index in [1.807, 2.05) is 90.7 Å². The third kappa shape index (κ3) is 19.9. The number of methoxy groups -OCH3 is 2. The van der Waals surface area contributed by atoms with Crippen molar-refractivity contribution in [3.05, 3.63) is 137 Å². The molecule has 0 radical (unpaired) electrons.